The molecule has 0 aliphatic heterocycles. The molecule has 0 aliphatic rings. The van der Waals surface area contributed by atoms with Crippen LogP contribution in [0.2, 0.25) is 0 Å². The van der Waals surface area contributed by atoms with E-state index >= 15 is 0 Å². The molecule has 0 radical (unpaired) electrons. The van der Waals surface area contributed by atoms with E-state index in [0.717, 1.165) is 88.6 Å². The number of nitriles is 2. The van der Waals surface area contributed by atoms with Crippen molar-refractivity contribution in [2.24, 2.45) is 0 Å². The number of hydrogen-bond donors (Lipinski definition) is 0. The monoisotopic (exact) mass is 743 g/mol. The van der Waals surface area contributed by atoms with E-state index in [2.05, 4.69) is 170 Å². The van der Waals surface area contributed by atoms with Gasteiger partial charge in [0.2, 0.25) is 0 Å². The SMILES string of the molecule is Cc1ccc2c(c1)c1cc(C)ccc1n2-c1nc(-n2c3ccc(C)cc3c3cc(C)ccc32)c(-c2ccccc2)c(-c2ccc(C#N)c(C#N)c2)c1-c1ccccc1. The maximum absolute atomic E-state index is 10.4. The molecular weight excluding hydrogens is 707 g/mol. The van der Waals surface area contributed by atoms with Crippen LogP contribution in [0.3, 0.4) is 0 Å². The highest BCUT2D eigenvalue weighted by molar-refractivity contribution is 6.13. The van der Waals surface area contributed by atoms with Crippen LogP contribution in [-0.2, 0) is 0 Å². The lowest BCUT2D eigenvalue weighted by molar-refractivity contribution is 1.02. The van der Waals surface area contributed by atoms with E-state index in [9.17, 15) is 10.5 Å². The fraction of sp³-hybridized carbons (Fsp3) is 0.0755. The topological polar surface area (TPSA) is 70.3 Å². The molecule has 3 heterocycles. The van der Waals surface area contributed by atoms with E-state index in [4.69, 9.17) is 4.98 Å². The number of pyridine rings is 1. The van der Waals surface area contributed by atoms with Crippen molar-refractivity contribution in [3.63, 3.8) is 0 Å². The molecule has 0 fully saturated rings. The van der Waals surface area contributed by atoms with Gasteiger partial charge in [0, 0.05) is 38.2 Å². The first-order valence-corrected chi connectivity index (χ1v) is 19.5. The second kappa shape index (κ2) is 13.5. The quantitative estimate of drug-likeness (QED) is 0.176. The van der Waals surface area contributed by atoms with Crippen molar-refractivity contribution < 1.29 is 0 Å². The van der Waals surface area contributed by atoms with Gasteiger partial charge < -0.3 is 0 Å². The van der Waals surface area contributed by atoms with Crippen molar-refractivity contribution in [3.8, 4) is 57.2 Å². The minimum absolute atomic E-state index is 0.323. The van der Waals surface area contributed by atoms with Crippen LogP contribution in [-0.4, -0.2) is 14.1 Å². The van der Waals surface area contributed by atoms with Crippen LogP contribution in [0.5, 0.6) is 0 Å². The fourth-order valence-electron chi connectivity index (χ4n) is 8.78. The summed E-state index contributed by atoms with van der Waals surface area (Å²) >= 11 is 0. The molecule has 0 saturated heterocycles. The summed E-state index contributed by atoms with van der Waals surface area (Å²) in [4.78, 5) is 5.97. The average molecular weight is 744 g/mol. The van der Waals surface area contributed by atoms with Crippen LogP contribution in [0.1, 0.15) is 33.4 Å². The zero-order valence-electron chi connectivity index (χ0n) is 32.7. The molecule has 0 amide bonds. The molecule has 274 valence electrons. The van der Waals surface area contributed by atoms with Crippen LogP contribution < -0.4 is 0 Å². The van der Waals surface area contributed by atoms with Crippen molar-refractivity contribution in [1.29, 1.82) is 10.5 Å². The van der Waals surface area contributed by atoms with Gasteiger partial charge in [0.15, 0.2) is 0 Å². The first kappa shape index (κ1) is 34.7. The maximum Gasteiger partial charge on any atom is 0.148 e. The van der Waals surface area contributed by atoms with Gasteiger partial charge in [0.25, 0.3) is 0 Å². The fourth-order valence-corrected chi connectivity index (χ4v) is 8.78. The second-order valence-electron chi connectivity index (χ2n) is 15.4. The van der Waals surface area contributed by atoms with E-state index in [1.165, 1.54) is 22.3 Å². The number of benzene rings is 7. The van der Waals surface area contributed by atoms with Crippen molar-refractivity contribution in [2.75, 3.05) is 0 Å². The van der Waals surface area contributed by atoms with Crippen molar-refractivity contribution >= 4 is 43.6 Å². The summed E-state index contributed by atoms with van der Waals surface area (Å²) in [5, 5.41) is 25.1. The smallest absolute Gasteiger partial charge is 0.148 e. The molecule has 0 spiro atoms. The van der Waals surface area contributed by atoms with Gasteiger partial charge in [-0.05, 0) is 105 Å². The van der Waals surface area contributed by atoms with Gasteiger partial charge in [-0.2, -0.15) is 10.5 Å². The predicted octanol–water partition coefficient (Wildman–Crippen LogP) is 13.3. The Morgan fingerprint density at radius 2 is 0.759 bits per heavy atom. The summed E-state index contributed by atoms with van der Waals surface area (Å²) in [5.41, 5.74) is 15.1. The summed E-state index contributed by atoms with van der Waals surface area (Å²) in [6, 6.07) is 57.7. The van der Waals surface area contributed by atoms with Crippen LogP contribution in [0, 0.1) is 50.4 Å². The van der Waals surface area contributed by atoms with E-state index in [0.29, 0.717) is 11.1 Å². The summed E-state index contributed by atoms with van der Waals surface area (Å²) in [6.45, 7) is 8.56. The Balaban J connectivity index is 1.51. The lowest BCUT2D eigenvalue weighted by Crippen LogP contribution is -2.10. The molecule has 5 heteroatoms. The van der Waals surface area contributed by atoms with Crippen LogP contribution >= 0.6 is 0 Å². The number of aromatic nitrogens is 3. The molecule has 58 heavy (non-hydrogen) atoms. The number of hydrogen-bond acceptors (Lipinski definition) is 3. The average Bonchev–Trinajstić information content (AvgIpc) is 3.73. The number of aryl methyl sites for hydroxylation is 4. The number of fused-ring (bicyclic) bond motifs is 6. The lowest BCUT2D eigenvalue weighted by Gasteiger charge is -2.25. The first-order chi connectivity index (χ1) is 28.3. The van der Waals surface area contributed by atoms with E-state index in [-0.39, 0.29) is 0 Å². The molecule has 10 aromatic rings. The molecule has 0 aliphatic carbocycles. The predicted molar refractivity (Wildman–Crippen MR) is 238 cm³/mol. The van der Waals surface area contributed by atoms with Gasteiger partial charge in [-0.3, -0.25) is 9.13 Å². The summed E-state index contributed by atoms with van der Waals surface area (Å²) in [5.74, 6) is 1.53. The third-order valence-electron chi connectivity index (χ3n) is 11.4. The van der Waals surface area contributed by atoms with Gasteiger partial charge in [-0.25, -0.2) is 4.98 Å². The third kappa shape index (κ3) is 5.40. The van der Waals surface area contributed by atoms with Gasteiger partial charge in [-0.1, -0.05) is 113 Å². The Kier molecular flexibility index (Phi) is 8.08. The van der Waals surface area contributed by atoms with Gasteiger partial charge in [-0.15, -0.1) is 0 Å². The Hall–Kier alpha value is -7.73. The summed E-state index contributed by atoms with van der Waals surface area (Å²) in [6.07, 6.45) is 0. The number of rotatable bonds is 5. The van der Waals surface area contributed by atoms with Gasteiger partial charge in [0.05, 0.1) is 33.2 Å². The third-order valence-corrected chi connectivity index (χ3v) is 11.4. The Morgan fingerprint density at radius 1 is 0.379 bits per heavy atom. The molecule has 0 unspecified atom stereocenters. The van der Waals surface area contributed by atoms with Crippen LogP contribution in [0.4, 0.5) is 0 Å². The zero-order chi connectivity index (χ0) is 39.7. The normalized spacial score (nSPS) is 11.4. The summed E-state index contributed by atoms with van der Waals surface area (Å²) < 4.78 is 4.65. The zero-order valence-corrected chi connectivity index (χ0v) is 32.7. The summed E-state index contributed by atoms with van der Waals surface area (Å²) in [7, 11) is 0. The van der Waals surface area contributed by atoms with Crippen molar-refractivity contribution in [3.05, 3.63) is 185 Å². The lowest BCUT2D eigenvalue weighted by atomic mass is 9.86. The highest BCUT2D eigenvalue weighted by Gasteiger charge is 2.29. The maximum atomic E-state index is 10.4. The van der Waals surface area contributed by atoms with Gasteiger partial charge in [0.1, 0.15) is 23.8 Å². The number of nitrogens with zero attached hydrogens (tertiary/aromatic N) is 5. The molecule has 5 nitrogen and oxygen atoms in total. The Morgan fingerprint density at radius 3 is 1.12 bits per heavy atom. The minimum Gasteiger partial charge on any atom is -0.293 e. The van der Waals surface area contributed by atoms with E-state index in [1.807, 2.05) is 24.3 Å². The Labute approximate surface area is 336 Å². The van der Waals surface area contributed by atoms with Crippen molar-refractivity contribution in [2.45, 2.75) is 27.7 Å². The molecule has 7 aromatic carbocycles. The standard InChI is InChI=1S/C53H37N5/c1-32-15-21-45-41(25-32)42-26-33(2)16-22-46(42)57(45)52-50(36-11-7-5-8-12-36)49(38-19-20-39(30-54)40(29-38)31-55)51(37-13-9-6-10-14-37)53(56-52)58-47-23-17-34(3)27-43(47)44-28-35(4)18-24-48(44)58/h5-29H,1-4H3. The molecule has 3 aromatic heterocycles. The molecule has 0 N–H and O–H groups in total. The molecule has 10 rings (SSSR count). The largest absolute Gasteiger partial charge is 0.293 e. The molecule has 0 atom stereocenters. The molecule has 0 saturated carbocycles. The van der Waals surface area contributed by atoms with E-state index in [1.54, 1.807) is 6.07 Å². The van der Waals surface area contributed by atoms with Crippen LogP contribution in [0.15, 0.2) is 152 Å². The second-order valence-corrected chi connectivity index (χ2v) is 15.4. The Bertz CT molecular complexity index is 3080. The van der Waals surface area contributed by atoms with Gasteiger partial charge >= 0.3 is 0 Å². The first-order valence-electron chi connectivity index (χ1n) is 19.5. The van der Waals surface area contributed by atoms with Crippen LogP contribution in [0.25, 0.3) is 88.6 Å². The molecule has 0 bridgehead atoms. The highest BCUT2D eigenvalue weighted by atomic mass is 15.1. The molecular formula is C53H37N5. The van der Waals surface area contributed by atoms with E-state index < -0.39 is 0 Å². The minimum atomic E-state index is 0.323. The highest BCUT2D eigenvalue weighted by Crippen LogP contribution is 2.49. The van der Waals surface area contributed by atoms with Crippen molar-refractivity contribution in [1.82, 2.24) is 14.1 Å².